The van der Waals surface area contributed by atoms with Crippen molar-refractivity contribution in [3.63, 3.8) is 0 Å². The van der Waals surface area contributed by atoms with E-state index in [1.54, 1.807) is 26.4 Å². The summed E-state index contributed by atoms with van der Waals surface area (Å²) in [6, 6.07) is 11.3. The van der Waals surface area contributed by atoms with Gasteiger partial charge in [0.2, 0.25) is 0 Å². The molecule has 0 unspecified atom stereocenters. The zero-order valence-corrected chi connectivity index (χ0v) is 15.4. The number of esters is 1. The van der Waals surface area contributed by atoms with E-state index >= 15 is 0 Å². The molecule has 3 aromatic rings. The monoisotopic (exact) mass is 369 g/mol. The minimum atomic E-state index is -0.376. The van der Waals surface area contributed by atoms with Crippen molar-refractivity contribution < 1.29 is 14.3 Å². The summed E-state index contributed by atoms with van der Waals surface area (Å²) in [7, 11) is 1.76. The number of benzene rings is 1. The molecule has 134 valence electrons. The van der Waals surface area contributed by atoms with Crippen molar-refractivity contribution in [1.82, 2.24) is 9.36 Å². The van der Waals surface area contributed by atoms with Crippen LogP contribution < -0.4 is 10.1 Å². The summed E-state index contributed by atoms with van der Waals surface area (Å²) in [6.07, 6.45) is 3.47. The third-order valence-corrected chi connectivity index (χ3v) is 4.70. The number of carbonyl (C=O) groups is 1. The van der Waals surface area contributed by atoms with Gasteiger partial charge in [-0.25, -0.2) is 4.79 Å². The third kappa shape index (κ3) is 4.37. The molecular weight excluding hydrogens is 350 g/mol. The van der Waals surface area contributed by atoms with E-state index in [-0.39, 0.29) is 12.6 Å². The Kier molecular flexibility index (Phi) is 5.80. The number of ether oxygens (including phenoxy) is 2. The van der Waals surface area contributed by atoms with E-state index < -0.39 is 0 Å². The fourth-order valence-electron chi connectivity index (χ4n) is 2.33. The van der Waals surface area contributed by atoms with E-state index in [1.165, 1.54) is 11.5 Å². The SMILES string of the molecule is CNc1snc(C)c1C(=O)OCc1ccc(OCc2ccncc2)cc1. The summed E-state index contributed by atoms with van der Waals surface area (Å²) in [6.45, 7) is 2.47. The summed E-state index contributed by atoms with van der Waals surface area (Å²) < 4.78 is 15.3. The maximum absolute atomic E-state index is 12.3. The van der Waals surface area contributed by atoms with Crippen molar-refractivity contribution in [1.29, 1.82) is 0 Å². The molecule has 0 radical (unpaired) electrons. The van der Waals surface area contributed by atoms with Crippen molar-refractivity contribution in [2.24, 2.45) is 0 Å². The van der Waals surface area contributed by atoms with Gasteiger partial charge in [-0.15, -0.1) is 0 Å². The van der Waals surface area contributed by atoms with Gasteiger partial charge in [0.25, 0.3) is 0 Å². The number of nitrogens with zero attached hydrogens (tertiary/aromatic N) is 2. The molecule has 0 saturated heterocycles. The van der Waals surface area contributed by atoms with Crippen LogP contribution in [0, 0.1) is 6.92 Å². The molecule has 0 aliphatic carbocycles. The van der Waals surface area contributed by atoms with Crippen LogP contribution in [0.25, 0.3) is 0 Å². The van der Waals surface area contributed by atoms with Gasteiger partial charge in [-0.1, -0.05) is 12.1 Å². The predicted octanol–water partition coefficient (Wildman–Crippen LogP) is 3.82. The number of aryl methyl sites for hydroxylation is 1. The van der Waals surface area contributed by atoms with Crippen molar-refractivity contribution in [2.45, 2.75) is 20.1 Å². The van der Waals surface area contributed by atoms with Gasteiger partial charge in [-0.3, -0.25) is 4.98 Å². The maximum Gasteiger partial charge on any atom is 0.343 e. The van der Waals surface area contributed by atoms with Crippen LogP contribution in [0.3, 0.4) is 0 Å². The van der Waals surface area contributed by atoms with Gasteiger partial charge in [-0.05, 0) is 53.8 Å². The van der Waals surface area contributed by atoms with Crippen LogP contribution in [-0.4, -0.2) is 22.4 Å². The molecule has 0 aliphatic heterocycles. The minimum absolute atomic E-state index is 0.196. The molecule has 0 fully saturated rings. The van der Waals surface area contributed by atoms with Crippen molar-refractivity contribution in [2.75, 3.05) is 12.4 Å². The van der Waals surface area contributed by atoms with Crippen molar-refractivity contribution in [3.8, 4) is 5.75 Å². The lowest BCUT2D eigenvalue weighted by atomic mass is 10.2. The molecule has 1 aromatic carbocycles. The summed E-state index contributed by atoms with van der Waals surface area (Å²) in [5.74, 6) is 0.380. The van der Waals surface area contributed by atoms with Crippen molar-refractivity contribution in [3.05, 3.63) is 71.2 Å². The smallest absolute Gasteiger partial charge is 0.343 e. The van der Waals surface area contributed by atoms with Gasteiger partial charge in [0.15, 0.2) is 0 Å². The standard InChI is InChI=1S/C19H19N3O3S/c1-13-17(18(20-2)26-22-13)19(23)25-12-14-3-5-16(6-4-14)24-11-15-7-9-21-10-8-15/h3-10,20H,11-12H2,1-2H3. The average Bonchev–Trinajstić information content (AvgIpc) is 3.07. The molecule has 2 aromatic heterocycles. The number of hydrogen-bond acceptors (Lipinski definition) is 7. The topological polar surface area (TPSA) is 73.3 Å². The predicted molar refractivity (Wildman–Crippen MR) is 101 cm³/mol. The molecular formula is C19H19N3O3S. The Morgan fingerprint density at radius 3 is 2.46 bits per heavy atom. The molecule has 3 rings (SSSR count). The van der Waals surface area contributed by atoms with E-state index in [1.807, 2.05) is 36.4 Å². The molecule has 0 bridgehead atoms. The van der Waals surface area contributed by atoms with Crippen LogP contribution in [0.1, 0.15) is 27.2 Å². The average molecular weight is 369 g/mol. The summed E-state index contributed by atoms with van der Waals surface area (Å²) in [5, 5.41) is 3.68. The minimum Gasteiger partial charge on any atom is -0.489 e. The molecule has 0 amide bonds. The van der Waals surface area contributed by atoms with E-state index in [9.17, 15) is 4.79 Å². The first-order valence-corrected chi connectivity index (χ1v) is 8.86. The zero-order valence-electron chi connectivity index (χ0n) is 14.6. The number of rotatable bonds is 7. The van der Waals surface area contributed by atoms with Gasteiger partial charge >= 0.3 is 5.97 Å². The number of pyridine rings is 1. The van der Waals surface area contributed by atoms with Crippen LogP contribution in [-0.2, 0) is 18.0 Å². The Labute approximate surface area is 156 Å². The lowest BCUT2D eigenvalue weighted by Crippen LogP contribution is -2.08. The normalized spacial score (nSPS) is 10.4. The first-order valence-electron chi connectivity index (χ1n) is 8.09. The number of hydrogen-bond donors (Lipinski definition) is 1. The van der Waals surface area contributed by atoms with Crippen LogP contribution in [0.15, 0.2) is 48.8 Å². The summed E-state index contributed by atoms with van der Waals surface area (Å²) in [5.41, 5.74) is 3.11. The molecule has 7 heteroatoms. The van der Waals surface area contributed by atoms with Crippen LogP contribution in [0.5, 0.6) is 5.75 Å². The highest BCUT2D eigenvalue weighted by Crippen LogP contribution is 2.25. The highest BCUT2D eigenvalue weighted by molar-refractivity contribution is 7.10. The number of nitrogens with one attached hydrogen (secondary N) is 1. The molecule has 0 aliphatic rings. The van der Waals surface area contributed by atoms with Gasteiger partial charge in [0, 0.05) is 19.4 Å². The first kappa shape index (κ1) is 17.9. The van der Waals surface area contributed by atoms with E-state index in [2.05, 4.69) is 14.7 Å². The van der Waals surface area contributed by atoms with Gasteiger partial charge in [0.05, 0.1) is 5.69 Å². The third-order valence-electron chi connectivity index (χ3n) is 3.74. The van der Waals surface area contributed by atoms with Crippen LogP contribution >= 0.6 is 11.5 Å². The van der Waals surface area contributed by atoms with Gasteiger partial charge in [0.1, 0.15) is 29.5 Å². The van der Waals surface area contributed by atoms with Gasteiger partial charge in [-0.2, -0.15) is 4.37 Å². The molecule has 0 spiro atoms. The molecule has 2 heterocycles. The van der Waals surface area contributed by atoms with Gasteiger partial charge < -0.3 is 14.8 Å². The summed E-state index contributed by atoms with van der Waals surface area (Å²) >= 11 is 1.25. The Morgan fingerprint density at radius 1 is 1.08 bits per heavy atom. The van der Waals surface area contributed by atoms with E-state index in [0.29, 0.717) is 22.9 Å². The van der Waals surface area contributed by atoms with Crippen LogP contribution in [0.2, 0.25) is 0 Å². The van der Waals surface area contributed by atoms with E-state index in [0.717, 1.165) is 16.9 Å². The fourth-order valence-corrected chi connectivity index (χ4v) is 3.06. The van der Waals surface area contributed by atoms with Crippen LogP contribution in [0.4, 0.5) is 5.00 Å². The number of anilines is 1. The molecule has 1 N–H and O–H groups in total. The van der Waals surface area contributed by atoms with Crippen molar-refractivity contribution >= 4 is 22.5 Å². The molecule has 26 heavy (non-hydrogen) atoms. The molecule has 0 saturated carbocycles. The summed E-state index contributed by atoms with van der Waals surface area (Å²) in [4.78, 5) is 16.3. The highest BCUT2D eigenvalue weighted by atomic mass is 32.1. The Morgan fingerprint density at radius 2 is 1.77 bits per heavy atom. The number of aromatic nitrogens is 2. The second-order valence-electron chi connectivity index (χ2n) is 5.59. The maximum atomic E-state index is 12.3. The second kappa shape index (κ2) is 8.44. The quantitative estimate of drug-likeness (QED) is 0.638. The molecule has 0 atom stereocenters. The Bertz CT molecular complexity index is 863. The Balaban J connectivity index is 1.54. The largest absolute Gasteiger partial charge is 0.489 e. The molecule has 6 nitrogen and oxygen atoms in total. The first-order chi connectivity index (χ1) is 12.7. The number of carbonyl (C=O) groups excluding carboxylic acids is 1. The second-order valence-corrected chi connectivity index (χ2v) is 6.36. The lowest BCUT2D eigenvalue weighted by Gasteiger charge is -2.08. The zero-order chi connectivity index (χ0) is 18.4. The Hall–Kier alpha value is -2.93. The highest BCUT2D eigenvalue weighted by Gasteiger charge is 2.19. The van der Waals surface area contributed by atoms with E-state index in [4.69, 9.17) is 9.47 Å². The lowest BCUT2D eigenvalue weighted by molar-refractivity contribution is 0.0473. The fraction of sp³-hybridized carbons (Fsp3) is 0.211.